The summed E-state index contributed by atoms with van der Waals surface area (Å²) >= 11 is 0. The second-order valence-corrected chi connectivity index (χ2v) is 3.53. The van der Waals surface area contributed by atoms with Gasteiger partial charge < -0.3 is 4.90 Å². The van der Waals surface area contributed by atoms with Gasteiger partial charge in [0.15, 0.2) is 0 Å². The van der Waals surface area contributed by atoms with Crippen molar-refractivity contribution in [1.29, 1.82) is 0 Å². The minimum Gasteiger partial charge on any atom is -0.357 e. The second kappa shape index (κ2) is 4.30. The van der Waals surface area contributed by atoms with Gasteiger partial charge in [-0.1, -0.05) is 24.3 Å². The molecule has 1 aromatic carbocycles. The average Bonchev–Trinajstić information content (AvgIpc) is 2.31. The van der Waals surface area contributed by atoms with Crippen LogP contribution in [-0.2, 0) is 0 Å². The Kier molecular flexibility index (Phi) is 2.86. The zero-order valence-corrected chi connectivity index (χ0v) is 9.27. The molecule has 0 aliphatic heterocycles. The molecule has 0 saturated heterocycles. The molecule has 0 aliphatic carbocycles. The van der Waals surface area contributed by atoms with Gasteiger partial charge in [0.2, 0.25) is 0 Å². The predicted molar refractivity (Wildman–Crippen MR) is 65.3 cm³/mol. The monoisotopic (exact) mass is 200 g/mol. The first-order valence-electron chi connectivity index (χ1n) is 5.45. The van der Waals surface area contributed by atoms with Crippen LogP contribution >= 0.6 is 0 Å². The van der Waals surface area contributed by atoms with Crippen LogP contribution in [0.25, 0.3) is 10.8 Å². The molecular formula is C13H16N2. The van der Waals surface area contributed by atoms with Crippen molar-refractivity contribution in [2.24, 2.45) is 0 Å². The molecule has 78 valence electrons. The zero-order valence-electron chi connectivity index (χ0n) is 9.27. The van der Waals surface area contributed by atoms with Crippen molar-refractivity contribution in [2.45, 2.75) is 13.8 Å². The largest absolute Gasteiger partial charge is 0.357 e. The Hall–Kier alpha value is -1.57. The van der Waals surface area contributed by atoms with Crippen LogP contribution in [0.4, 0.5) is 5.82 Å². The van der Waals surface area contributed by atoms with E-state index < -0.39 is 0 Å². The van der Waals surface area contributed by atoms with Gasteiger partial charge in [0.05, 0.1) is 0 Å². The van der Waals surface area contributed by atoms with Gasteiger partial charge in [0.1, 0.15) is 5.82 Å². The van der Waals surface area contributed by atoms with Crippen LogP contribution in [0.3, 0.4) is 0 Å². The van der Waals surface area contributed by atoms with Crippen molar-refractivity contribution in [2.75, 3.05) is 18.0 Å². The smallest absolute Gasteiger partial charge is 0.136 e. The predicted octanol–water partition coefficient (Wildman–Crippen LogP) is 3.08. The summed E-state index contributed by atoms with van der Waals surface area (Å²) in [6.07, 6.45) is 1.88. The summed E-state index contributed by atoms with van der Waals surface area (Å²) in [7, 11) is 0. The molecule has 0 saturated carbocycles. The Bertz CT molecular complexity index is 442. The van der Waals surface area contributed by atoms with Gasteiger partial charge in [0.25, 0.3) is 0 Å². The number of fused-ring (bicyclic) bond motifs is 1. The fourth-order valence-electron chi connectivity index (χ4n) is 1.88. The van der Waals surface area contributed by atoms with Crippen LogP contribution < -0.4 is 4.90 Å². The highest BCUT2D eigenvalue weighted by Crippen LogP contribution is 2.23. The van der Waals surface area contributed by atoms with Crippen molar-refractivity contribution < 1.29 is 0 Å². The average molecular weight is 200 g/mol. The van der Waals surface area contributed by atoms with E-state index >= 15 is 0 Å². The molecule has 2 heteroatoms. The van der Waals surface area contributed by atoms with Gasteiger partial charge in [-0.3, -0.25) is 0 Å². The molecule has 0 aliphatic rings. The van der Waals surface area contributed by atoms with Crippen LogP contribution in [0, 0.1) is 0 Å². The maximum atomic E-state index is 4.47. The molecule has 2 nitrogen and oxygen atoms in total. The standard InChI is InChI=1S/C13H16N2/c1-3-15(4-2)13-12-8-6-5-7-11(12)9-10-14-13/h5-10H,3-4H2,1-2H3. The number of benzene rings is 1. The molecule has 0 fully saturated rings. The Morgan fingerprint density at radius 1 is 1.07 bits per heavy atom. The van der Waals surface area contributed by atoms with Crippen molar-refractivity contribution >= 4 is 16.6 Å². The Labute approximate surface area is 90.6 Å². The zero-order chi connectivity index (χ0) is 10.7. The van der Waals surface area contributed by atoms with Crippen molar-refractivity contribution in [3.8, 4) is 0 Å². The van der Waals surface area contributed by atoms with Gasteiger partial charge in [-0.25, -0.2) is 4.98 Å². The number of hydrogen-bond acceptors (Lipinski definition) is 2. The van der Waals surface area contributed by atoms with E-state index in [1.165, 1.54) is 10.8 Å². The maximum absolute atomic E-state index is 4.47. The van der Waals surface area contributed by atoms with E-state index in [4.69, 9.17) is 0 Å². The van der Waals surface area contributed by atoms with E-state index in [1.54, 1.807) is 0 Å². The third kappa shape index (κ3) is 1.80. The molecule has 0 N–H and O–H groups in total. The lowest BCUT2D eigenvalue weighted by atomic mass is 10.1. The van der Waals surface area contributed by atoms with E-state index in [9.17, 15) is 0 Å². The summed E-state index contributed by atoms with van der Waals surface area (Å²) in [5.41, 5.74) is 0. The van der Waals surface area contributed by atoms with Gasteiger partial charge in [-0.05, 0) is 25.3 Å². The first kappa shape index (κ1) is 9.97. The number of anilines is 1. The van der Waals surface area contributed by atoms with E-state index in [-0.39, 0.29) is 0 Å². The summed E-state index contributed by atoms with van der Waals surface area (Å²) in [4.78, 5) is 6.75. The highest BCUT2D eigenvalue weighted by molar-refractivity contribution is 5.91. The number of rotatable bonds is 3. The fourth-order valence-corrected chi connectivity index (χ4v) is 1.88. The number of aromatic nitrogens is 1. The SMILES string of the molecule is CCN(CC)c1nccc2ccccc12. The van der Waals surface area contributed by atoms with Crippen molar-refractivity contribution in [1.82, 2.24) is 4.98 Å². The van der Waals surface area contributed by atoms with E-state index in [1.807, 2.05) is 6.20 Å². The van der Waals surface area contributed by atoms with Gasteiger partial charge >= 0.3 is 0 Å². The second-order valence-electron chi connectivity index (χ2n) is 3.53. The number of pyridine rings is 1. The molecule has 2 aromatic rings. The molecule has 0 unspecified atom stereocenters. The summed E-state index contributed by atoms with van der Waals surface area (Å²) in [6.45, 7) is 6.31. The van der Waals surface area contributed by atoms with Crippen molar-refractivity contribution in [3.63, 3.8) is 0 Å². The summed E-state index contributed by atoms with van der Waals surface area (Å²) in [5.74, 6) is 1.10. The molecule has 1 heterocycles. The van der Waals surface area contributed by atoms with Gasteiger partial charge in [-0.2, -0.15) is 0 Å². The van der Waals surface area contributed by atoms with Crippen LogP contribution in [0.1, 0.15) is 13.8 Å². The maximum Gasteiger partial charge on any atom is 0.136 e. The Balaban J connectivity index is 2.59. The molecule has 2 rings (SSSR count). The highest BCUT2D eigenvalue weighted by atomic mass is 15.2. The summed E-state index contributed by atoms with van der Waals surface area (Å²) < 4.78 is 0. The molecule has 0 amide bonds. The lowest BCUT2D eigenvalue weighted by Gasteiger charge is -2.21. The number of hydrogen-bond donors (Lipinski definition) is 0. The summed E-state index contributed by atoms with van der Waals surface area (Å²) in [5, 5.41) is 2.50. The van der Waals surface area contributed by atoms with E-state index in [0.29, 0.717) is 0 Å². The molecule has 1 aromatic heterocycles. The Morgan fingerprint density at radius 2 is 1.80 bits per heavy atom. The highest BCUT2D eigenvalue weighted by Gasteiger charge is 2.06. The molecule has 0 spiro atoms. The minimum absolute atomic E-state index is 0.998. The molecule has 0 atom stereocenters. The van der Waals surface area contributed by atoms with Gasteiger partial charge in [0, 0.05) is 24.7 Å². The minimum atomic E-state index is 0.998. The first-order valence-corrected chi connectivity index (χ1v) is 5.45. The topological polar surface area (TPSA) is 16.1 Å². The lowest BCUT2D eigenvalue weighted by molar-refractivity contribution is 0.852. The number of nitrogens with zero attached hydrogens (tertiary/aromatic N) is 2. The van der Waals surface area contributed by atoms with E-state index in [0.717, 1.165) is 18.9 Å². The summed E-state index contributed by atoms with van der Waals surface area (Å²) in [6, 6.07) is 10.5. The first-order chi connectivity index (χ1) is 7.36. The van der Waals surface area contributed by atoms with Crippen LogP contribution in [0.15, 0.2) is 36.5 Å². The van der Waals surface area contributed by atoms with E-state index in [2.05, 4.69) is 54.1 Å². The third-order valence-corrected chi connectivity index (χ3v) is 2.72. The normalized spacial score (nSPS) is 10.5. The quantitative estimate of drug-likeness (QED) is 0.757. The molecule has 0 radical (unpaired) electrons. The lowest BCUT2D eigenvalue weighted by Crippen LogP contribution is -2.23. The third-order valence-electron chi connectivity index (χ3n) is 2.72. The van der Waals surface area contributed by atoms with Crippen LogP contribution in [-0.4, -0.2) is 18.1 Å². The fraction of sp³-hybridized carbons (Fsp3) is 0.308. The van der Waals surface area contributed by atoms with Gasteiger partial charge in [-0.15, -0.1) is 0 Å². The molecule has 0 bridgehead atoms. The molecular weight excluding hydrogens is 184 g/mol. The molecule has 15 heavy (non-hydrogen) atoms. The Morgan fingerprint density at radius 3 is 2.53 bits per heavy atom. The van der Waals surface area contributed by atoms with Crippen LogP contribution in [0.2, 0.25) is 0 Å². The van der Waals surface area contributed by atoms with Crippen LogP contribution in [0.5, 0.6) is 0 Å². The van der Waals surface area contributed by atoms with Crippen molar-refractivity contribution in [3.05, 3.63) is 36.5 Å².